The van der Waals surface area contributed by atoms with Crippen molar-refractivity contribution < 1.29 is 0 Å². The highest BCUT2D eigenvalue weighted by Gasteiger charge is 2.36. The predicted molar refractivity (Wildman–Crippen MR) is 61.1 cm³/mol. The van der Waals surface area contributed by atoms with E-state index in [0.29, 0.717) is 11.5 Å². The van der Waals surface area contributed by atoms with Crippen LogP contribution in [-0.4, -0.2) is 23.0 Å². The first kappa shape index (κ1) is 13.0. The van der Waals surface area contributed by atoms with Gasteiger partial charge in [-0.05, 0) is 47.1 Å². The van der Waals surface area contributed by atoms with Crippen molar-refractivity contribution >= 4 is 0 Å². The SMILES string of the molecule is CCC(C)(C(C)C)N(C)C(C)(C)C. The summed E-state index contributed by atoms with van der Waals surface area (Å²) in [4.78, 5) is 2.50. The Balaban J connectivity index is 4.77. The van der Waals surface area contributed by atoms with Crippen molar-refractivity contribution in [3.8, 4) is 0 Å². The molecule has 0 fully saturated rings. The average Bonchev–Trinajstić information content (AvgIpc) is 1.99. The third-order valence-electron chi connectivity index (χ3n) is 3.73. The molecule has 0 aromatic rings. The molecule has 80 valence electrons. The summed E-state index contributed by atoms with van der Waals surface area (Å²) in [6, 6.07) is 0. The molecular weight excluding hydrogens is 158 g/mol. The molecule has 1 heteroatoms. The van der Waals surface area contributed by atoms with Gasteiger partial charge in [0, 0.05) is 11.1 Å². The molecule has 0 amide bonds. The summed E-state index contributed by atoms with van der Waals surface area (Å²) in [5.41, 5.74) is 0.577. The van der Waals surface area contributed by atoms with Crippen LogP contribution < -0.4 is 0 Å². The highest BCUT2D eigenvalue weighted by Crippen LogP contribution is 2.32. The first-order chi connectivity index (χ1) is 5.66. The van der Waals surface area contributed by atoms with Gasteiger partial charge in [0.15, 0.2) is 0 Å². The van der Waals surface area contributed by atoms with Crippen molar-refractivity contribution in [2.45, 2.75) is 66.0 Å². The van der Waals surface area contributed by atoms with Gasteiger partial charge in [0.2, 0.25) is 0 Å². The molecule has 0 aliphatic heterocycles. The lowest BCUT2D eigenvalue weighted by atomic mass is 9.81. The molecule has 0 rings (SSSR count). The van der Waals surface area contributed by atoms with Crippen molar-refractivity contribution in [1.82, 2.24) is 4.90 Å². The van der Waals surface area contributed by atoms with Gasteiger partial charge in [-0.15, -0.1) is 0 Å². The minimum absolute atomic E-state index is 0.259. The van der Waals surface area contributed by atoms with Gasteiger partial charge >= 0.3 is 0 Å². The fourth-order valence-electron chi connectivity index (χ4n) is 1.80. The number of hydrogen-bond acceptors (Lipinski definition) is 1. The molecule has 0 aromatic carbocycles. The molecule has 0 N–H and O–H groups in total. The van der Waals surface area contributed by atoms with Gasteiger partial charge in [-0.25, -0.2) is 0 Å². The van der Waals surface area contributed by atoms with Crippen molar-refractivity contribution in [1.29, 1.82) is 0 Å². The van der Waals surface area contributed by atoms with Crippen molar-refractivity contribution in [3.05, 3.63) is 0 Å². The summed E-state index contributed by atoms with van der Waals surface area (Å²) in [6.07, 6.45) is 1.21. The third-order valence-corrected chi connectivity index (χ3v) is 3.73. The monoisotopic (exact) mass is 185 g/mol. The Hall–Kier alpha value is -0.0400. The van der Waals surface area contributed by atoms with E-state index < -0.39 is 0 Å². The summed E-state index contributed by atoms with van der Waals surface area (Å²) in [5.74, 6) is 0.696. The fraction of sp³-hybridized carbons (Fsp3) is 1.00. The number of nitrogens with zero attached hydrogens (tertiary/aromatic N) is 1. The normalized spacial score (nSPS) is 18.0. The second kappa shape index (κ2) is 4.00. The van der Waals surface area contributed by atoms with E-state index in [0.717, 1.165) is 0 Å². The second-order valence-electron chi connectivity index (χ2n) is 5.60. The van der Waals surface area contributed by atoms with E-state index in [1.165, 1.54) is 6.42 Å². The summed E-state index contributed by atoms with van der Waals surface area (Å²) in [5, 5.41) is 0. The molecule has 0 saturated carbocycles. The van der Waals surface area contributed by atoms with Crippen molar-refractivity contribution in [2.24, 2.45) is 5.92 Å². The highest BCUT2D eigenvalue weighted by atomic mass is 15.2. The minimum Gasteiger partial charge on any atom is -0.296 e. The summed E-state index contributed by atoms with van der Waals surface area (Å²) in [6.45, 7) is 16.1. The summed E-state index contributed by atoms with van der Waals surface area (Å²) >= 11 is 0. The van der Waals surface area contributed by atoms with E-state index >= 15 is 0 Å². The molecular formula is C12H27N. The van der Waals surface area contributed by atoms with Crippen LogP contribution in [0.5, 0.6) is 0 Å². The lowest BCUT2D eigenvalue weighted by Crippen LogP contribution is -2.55. The molecule has 0 radical (unpaired) electrons. The quantitative estimate of drug-likeness (QED) is 0.650. The molecule has 0 heterocycles. The van der Waals surface area contributed by atoms with Crippen LogP contribution in [0.25, 0.3) is 0 Å². The Bertz CT molecular complexity index is 155. The molecule has 1 atom stereocenters. The molecule has 0 aromatic heterocycles. The zero-order chi connectivity index (χ0) is 10.9. The molecule has 0 spiro atoms. The highest BCUT2D eigenvalue weighted by molar-refractivity contribution is 4.92. The van der Waals surface area contributed by atoms with Crippen LogP contribution in [0.1, 0.15) is 54.9 Å². The number of rotatable bonds is 3. The molecule has 0 aliphatic rings. The minimum atomic E-state index is 0.259. The maximum absolute atomic E-state index is 2.50. The molecule has 1 nitrogen and oxygen atoms in total. The van der Waals surface area contributed by atoms with Gasteiger partial charge in [0.25, 0.3) is 0 Å². The topological polar surface area (TPSA) is 3.24 Å². The largest absolute Gasteiger partial charge is 0.296 e. The van der Waals surface area contributed by atoms with E-state index in [1.54, 1.807) is 0 Å². The third kappa shape index (κ3) is 2.70. The van der Waals surface area contributed by atoms with E-state index in [9.17, 15) is 0 Å². The second-order valence-corrected chi connectivity index (χ2v) is 5.60. The van der Waals surface area contributed by atoms with Crippen LogP contribution in [-0.2, 0) is 0 Å². The van der Waals surface area contributed by atoms with Gasteiger partial charge < -0.3 is 0 Å². The zero-order valence-electron chi connectivity index (χ0n) is 10.7. The standard InChI is InChI=1S/C12H27N/c1-9-12(7,10(2)3)13(8)11(4,5)6/h10H,9H2,1-8H3. The smallest absolute Gasteiger partial charge is 0.0203 e. The lowest BCUT2D eigenvalue weighted by molar-refractivity contribution is 0.00791. The molecule has 1 unspecified atom stereocenters. The van der Waals surface area contributed by atoms with Crippen LogP contribution in [0.15, 0.2) is 0 Å². The van der Waals surface area contributed by atoms with Gasteiger partial charge in [0.1, 0.15) is 0 Å². The van der Waals surface area contributed by atoms with Crippen LogP contribution in [0.4, 0.5) is 0 Å². The first-order valence-electron chi connectivity index (χ1n) is 5.40. The average molecular weight is 185 g/mol. The van der Waals surface area contributed by atoms with E-state index in [2.05, 4.69) is 60.4 Å². The van der Waals surface area contributed by atoms with Gasteiger partial charge in [-0.2, -0.15) is 0 Å². The van der Waals surface area contributed by atoms with Crippen molar-refractivity contribution in [2.75, 3.05) is 7.05 Å². The predicted octanol–water partition coefficient (Wildman–Crippen LogP) is 3.54. The van der Waals surface area contributed by atoms with E-state index in [1.807, 2.05) is 0 Å². The van der Waals surface area contributed by atoms with E-state index in [-0.39, 0.29) is 5.54 Å². The molecule has 0 bridgehead atoms. The van der Waals surface area contributed by atoms with Gasteiger partial charge in [0.05, 0.1) is 0 Å². The first-order valence-corrected chi connectivity index (χ1v) is 5.40. The van der Waals surface area contributed by atoms with Gasteiger partial charge in [-0.3, -0.25) is 4.90 Å². The van der Waals surface area contributed by atoms with Crippen LogP contribution in [0.3, 0.4) is 0 Å². The Morgan fingerprint density at radius 1 is 1.08 bits per heavy atom. The van der Waals surface area contributed by atoms with E-state index in [4.69, 9.17) is 0 Å². The maximum Gasteiger partial charge on any atom is 0.0203 e. The summed E-state index contributed by atoms with van der Waals surface area (Å²) in [7, 11) is 2.24. The van der Waals surface area contributed by atoms with Gasteiger partial charge in [-0.1, -0.05) is 20.8 Å². The summed E-state index contributed by atoms with van der Waals surface area (Å²) < 4.78 is 0. The fourth-order valence-corrected chi connectivity index (χ4v) is 1.80. The molecule has 0 aliphatic carbocycles. The van der Waals surface area contributed by atoms with Crippen LogP contribution >= 0.6 is 0 Å². The Morgan fingerprint density at radius 2 is 1.46 bits per heavy atom. The lowest BCUT2D eigenvalue weighted by Gasteiger charge is -2.49. The Kier molecular flexibility index (Phi) is 3.98. The Labute approximate surface area is 84.5 Å². The van der Waals surface area contributed by atoms with Crippen LogP contribution in [0.2, 0.25) is 0 Å². The number of hydrogen-bond donors (Lipinski definition) is 0. The van der Waals surface area contributed by atoms with Crippen LogP contribution in [0, 0.1) is 5.92 Å². The molecule has 0 saturated heterocycles. The maximum atomic E-state index is 2.50. The Morgan fingerprint density at radius 3 is 1.54 bits per heavy atom. The van der Waals surface area contributed by atoms with Crippen molar-refractivity contribution in [3.63, 3.8) is 0 Å². The molecule has 13 heavy (non-hydrogen) atoms. The zero-order valence-corrected chi connectivity index (χ0v) is 10.7.